The fourth-order valence-corrected chi connectivity index (χ4v) is 1.17. The first-order valence-corrected chi connectivity index (χ1v) is 6.62. The Morgan fingerprint density at radius 2 is 0.969 bits per heavy atom. The van der Waals surface area contributed by atoms with E-state index >= 15 is 0 Å². The summed E-state index contributed by atoms with van der Waals surface area (Å²) in [5, 5.41) is 22.2. The molecule has 0 aromatic carbocycles. The van der Waals surface area contributed by atoms with Crippen LogP contribution in [0.5, 0.6) is 0 Å². The van der Waals surface area contributed by atoms with Crippen LogP contribution in [0, 0.1) is 10.8 Å². The summed E-state index contributed by atoms with van der Waals surface area (Å²) < 4.78 is 85.3. The standard InChI is InChI=1S/B8O13.ClHO3.3Na.4H2O/c9-1-13-5-18-6(14-2-10)20-8-17-4(12)15-3(11)16-7(19-5)21-8;2-1(3)4;;;;;;;/h;2H;;;;4*1H2/q-2;;3*+1;;;;. The first-order chi connectivity index (χ1) is 11.8. The first kappa shape index (κ1) is 51.1. The van der Waals surface area contributed by atoms with Gasteiger partial charge in [-0.15, -0.1) is 0 Å². The Morgan fingerprint density at radius 1 is 0.656 bits per heavy atom. The third-order valence-electron chi connectivity index (χ3n) is 1.89. The largest absolute Gasteiger partial charge is 1.00 e. The Labute approximate surface area is 252 Å². The van der Waals surface area contributed by atoms with Gasteiger partial charge in [0.15, 0.2) is 0 Å². The molecular weight excluding hydrogens is 511 g/mol. The molecule has 0 saturated carbocycles. The minimum atomic E-state index is -2.60. The van der Waals surface area contributed by atoms with Crippen LogP contribution >= 0.6 is 0 Å². The second kappa shape index (κ2) is 29.6. The van der Waals surface area contributed by atoms with E-state index in [2.05, 4.69) is 22.9 Å². The molecule has 2 aliphatic heterocycles. The molecule has 0 spiro atoms. The molecule has 2 fully saturated rings. The quantitative estimate of drug-likeness (QED) is 0.336. The van der Waals surface area contributed by atoms with Crippen LogP contribution < -0.4 is 108 Å². The van der Waals surface area contributed by atoms with Crippen LogP contribution in [0.1, 0.15) is 0 Å². The van der Waals surface area contributed by atoms with Crippen molar-refractivity contribution in [1.82, 2.24) is 0 Å². The normalized spacial score (nSPS) is 14.2. The van der Waals surface area contributed by atoms with Crippen molar-refractivity contribution in [3.05, 3.63) is 0 Å². The topological polar surface area (TPSA) is 356 Å². The van der Waals surface area contributed by atoms with Crippen LogP contribution in [0.4, 0.5) is 0 Å². The van der Waals surface area contributed by atoms with Crippen molar-refractivity contribution in [2.45, 2.75) is 0 Å². The Kier molecular flexibility index (Phi) is 47.3. The molecule has 2 bridgehead atoms. The first-order valence-electron chi connectivity index (χ1n) is 5.66. The van der Waals surface area contributed by atoms with Gasteiger partial charge in [-0.1, -0.05) is 0 Å². The molecule has 0 aromatic rings. The van der Waals surface area contributed by atoms with Crippen molar-refractivity contribution < 1.29 is 196 Å². The van der Waals surface area contributed by atoms with Gasteiger partial charge in [0.25, 0.3) is 10.8 Å². The third-order valence-corrected chi connectivity index (χ3v) is 1.89. The summed E-state index contributed by atoms with van der Waals surface area (Å²) >= 11 is 0. The molecule has 0 aliphatic carbocycles. The van der Waals surface area contributed by atoms with Crippen LogP contribution in [-0.4, -0.2) is 85.2 Å². The summed E-state index contributed by atoms with van der Waals surface area (Å²) in [6.07, 6.45) is 0. The molecule has 0 unspecified atom stereocenters. The summed E-state index contributed by atoms with van der Waals surface area (Å²) in [7, 11) is -14.6. The van der Waals surface area contributed by atoms with Gasteiger partial charge in [0, 0.05) is 4.66 Å². The second-order valence-corrected chi connectivity index (χ2v) is 3.75. The predicted molar refractivity (Wildman–Crippen MR) is 73.8 cm³/mol. The molecule has 32 heteroatoms. The van der Waals surface area contributed by atoms with Gasteiger partial charge in [0.2, 0.25) is 0 Å². The molecule has 2 aliphatic rings. The molecular formula is H9B8ClNa3O20+. The average Bonchev–Trinajstić information content (AvgIpc) is 2.43. The molecule has 162 valence electrons. The molecule has 2 heterocycles. The summed E-state index contributed by atoms with van der Waals surface area (Å²) in [6.45, 7) is 0. The summed E-state index contributed by atoms with van der Waals surface area (Å²) in [5.41, 5.74) is 0. The number of hydrogen-bond acceptors (Lipinski definition) is 16. The Balaban J connectivity index is -0.000000105. The van der Waals surface area contributed by atoms with E-state index in [0.717, 1.165) is 0 Å². The molecule has 2 saturated heterocycles. The fraction of sp³-hybridized carbons (Fsp3) is 0. The zero-order chi connectivity index (χ0) is 18.8. The van der Waals surface area contributed by atoms with E-state index in [4.69, 9.17) is 32.3 Å². The predicted octanol–water partition coefficient (Wildman–Crippen LogP) is -21.5. The van der Waals surface area contributed by atoms with E-state index in [-0.39, 0.29) is 125 Å². The van der Waals surface area contributed by atoms with E-state index in [1.54, 1.807) is 0 Å². The zero-order valence-electron chi connectivity index (χ0n) is 16.6. The van der Waals surface area contributed by atoms with Gasteiger partial charge in [-0.3, -0.25) is 0 Å². The van der Waals surface area contributed by atoms with Crippen molar-refractivity contribution in [1.29, 1.82) is 0 Å². The van der Waals surface area contributed by atoms with Gasteiger partial charge in [-0.2, -0.15) is 0 Å². The van der Waals surface area contributed by atoms with Gasteiger partial charge < -0.3 is 31.2 Å². The van der Waals surface area contributed by atoms with Crippen molar-refractivity contribution in [3.63, 3.8) is 0 Å². The van der Waals surface area contributed by atoms with Crippen molar-refractivity contribution >= 4 is 58.6 Å². The molecule has 2 rings (SSSR count). The van der Waals surface area contributed by atoms with Gasteiger partial charge in [0.05, 0.1) is 0 Å². The van der Waals surface area contributed by atoms with Gasteiger partial charge in [-0.05, 0) is 0 Å². The van der Waals surface area contributed by atoms with Crippen LogP contribution in [0.15, 0.2) is 0 Å². The Bertz CT molecular complexity index is 378. The maximum Gasteiger partial charge on any atom is 1.00 e. The molecule has 0 atom stereocenters. The maximum atomic E-state index is 11.1. The van der Waals surface area contributed by atoms with E-state index in [1.807, 2.05) is 0 Å². The number of fused-ring (bicyclic) bond motifs is 2. The van der Waals surface area contributed by atoms with E-state index < -0.39 is 54.7 Å². The third kappa shape index (κ3) is 24.1. The van der Waals surface area contributed by atoms with Crippen molar-refractivity contribution in [2.75, 3.05) is 0 Å². The molecule has 0 amide bonds. The minimum absolute atomic E-state index is 0. The SMILES string of the molecule is O.O.O.O.O=BOB1OB(OB=O)OB2OB([O-])OB([O-])OB(O1)O2.[Na+].[Na+].[Na+].[O-][Cl+2]([O-])O. The summed E-state index contributed by atoms with van der Waals surface area (Å²) in [4.78, 5) is 0. The Hall–Kier alpha value is 2.37. The van der Waals surface area contributed by atoms with Crippen LogP contribution in [0.3, 0.4) is 0 Å². The molecule has 0 aromatic heterocycles. The molecule has 0 radical (unpaired) electrons. The zero-order valence-corrected chi connectivity index (χ0v) is 23.3. The monoisotopic (exact) mass is 521 g/mol. The summed E-state index contributed by atoms with van der Waals surface area (Å²) in [6, 6.07) is 0. The van der Waals surface area contributed by atoms with Crippen molar-refractivity contribution in [3.8, 4) is 0 Å². The number of halogens is 1. The number of hydrogen-bond donors (Lipinski definition) is 1. The smallest absolute Gasteiger partial charge is 0.321 e. The van der Waals surface area contributed by atoms with Gasteiger partial charge in [0.1, 0.15) is 0 Å². The molecule has 20 nitrogen and oxygen atoms in total. The van der Waals surface area contributed by atoms with E-state index in [1.165, 1.54) is 0 Å². The van der Waals surface area contributed by atoms with Crippen LogP contribution in [0.25, 0.3) is 0 Å². The van der Waals surface area contributed by atoms with Gasteiger partial charge in [-0.25, -0.2) is 0 Å². The Morgan fingerprint density at radius 3 is 1.25 bits per heavy atom. The minimum Gasteiger partial charge on any atom is -0.321 e. The second-order valence-electron chi connectivity index (χ2n) is 3.35. The van der Waals surface area contributed by atoms with Gasteiger partial charge >= 0.3 is 208 Å². The fourth-order valence-electron chi connectivity index (χ4n) is 1.17. The molecule has 32 heavy (non-hydrogen) atoms. The van der Waals surface area contributed by atoms with Crippen molar-refractivity contribution in [2.24, 2.45) is 0 Å². The van der Waals surface area contributed by atoms with E-state index in [9.17, 15) is 19.5 Å². The maximum absolute atomic E-state index is 11.1. The van der Waals surface area contributed by atoms with Crippen LogP contribution in [0.2, 0.25) is 0 Å². The van der Waals surface area contributed by atoms with Crippen LogP contribution in [-0.2, 0) is 50.6 Å². The van der Waals surface area contributed by atoms with E-state index in [0.29, 0.717) is 0 Å². The summed E-state index contributed by atoms with van der Waals surface area (Å²) in [5.74, 6) is 0. The average molecular weight is 520 g/mol. The number of rotatable bonds is 4. The molecule has 9 N–H and O–H groups in total.